The first-order valence-corrected chi connectivity index (χ1v) is 10.5. The van der Waals surface area contributed by atoms with Crippen molar-refractivity contribution in [2.45, 2.75) is 26.2 Å². The molecule has 8 nitrogen and oxygen atoms in total. The molecule has 4 rings (SSSR count). The van der Waals surface area contributed by atoms with Crippen LogP contribution in [-0.2, 0) is 16.0 Å². The number of unbranched alkanes of at least 4 members (excludes halogenated alkanes) is 1. The van der Waals surface area contributed by atoms with Gasteiger partial charge in [-0.2, -0.15) is 5.10 Å². The van der Waals surface area contributed by atoms with Crippen LogP contribution in [0.4, 0.5) is 11.4 Å². The molecule has 0 radical (unpaired) electrons. The number of aromatic amines is 1. The summed E-state index contributed by atoms with van der Waals surface area (Å²) >= 11 is 0. The molecule has 162 valence electrons. The molecule has 2 N–H and O–H groups in total. The van der Waals surface area contributed by atoms with Gasteiger partial charge in [0.05, 0.1) is 17.7 Å². The Morgan fingerprint density at radius 1 is 1.29 bits per heavy atom. The van der Waals surface area contributed by atoms with Crippen LogP contribution in [0.15, 0.2) is 36.4 Å². The molecule has 0 atom stereocenters. The van der Waals surface area contributed by atoms with Crippen LogP contribution in [0.25, 0.3) is 10.9 Å². The number of phenolic OH excluding ortho intramolecular Hbond substituents is 1. The summed E-state index contributed by atoms with van der Waals surface area (Å²) in [6.07, 6.45) is 2.90. The number of fused-ring (bicyclic) bond motifs is 1. The number of morpholine rings is 1. The molecule has 1 saturated heterocycles. The summed E-state index contributed by atoms with van der Waals surface area (Å²) in [6, 6.07) is 10.4. The van der Waals surface area contributed by atoms with E-state index < -0.39 is 0 Å². The van der Waals surface area contributed by atoms with Gasteiger partial charge in [-0.1, -0.05) is 13.3 Å². The van der Waals surface area contributed by atoms with Crippen molar-refractivity contribution < 1.29 is 19.4 Å². The lowest BCUT2D eigenvalue weighted by Gasteiger charge is -2.27. The van der Waals surface area contributed by atoms with E-state index in [1.165, 1.54) is 11.0 Å². The normalized spacial score (nSPS) is 14.3. The fraction of sp³-hybridized carbons (Fsp3) is 0.348. The van der Waals surface area contributed by atoms with Gasteiger partial charge in [0.15, 0.2) is 0 Å². The van der Waals surface area contributed by atoms with Crippen LogP contribution in [0, 0.1) is 0 Å². The molecule has 2 heterocycles. The van der Waals surface area contributed by atoms with Crippen LogP contribution >= 0.6 is 0 Å². The van der Waals surface area contributed by atoms with E-state index in [9.17, 15) is 14.7 Å². The van der Waals surface area contributed by atoms with Gasteiger partial charge in [-0.25, -0.2) is 0 Å². The van der Waals surface area contributed by atoms with E-state index in [2.05, 4.69) is 17.1 Å². The Morgan fingerprint density at radius 2 is 2.06 bits per heavy atom. The molecule has 0 bridgehead atoms. The maximum absolute atomic E-state index is 13.1. The highest BCUT2D eigenvalue weighted by molar-refractivity contribution is 6.09. The number of benzene rings is 2. The van der Waals surface area contributed by atoms with Crippen LogP contribution in [0.1, 0.15) is 35.8 Å². The summed E-state index contributed by atoms with van der Waals surface area (Å²) in [5.74, 6) is -0.508. The summed E-state index contributed by atoms with van der Waals surface area (Å²) in [6.45, 7) is 3.21. The predicted octanol–water partition coefficient (Wildman–Crippen LogP) is 3.25. The van der Waals surface area contributed by atoms with Gasteiger partial charge in [0.25, 0.3) is 11.8 Å². The monoisotopic (exact) mass is 422 g/mol. The van der Waals surface area contributed by atoms with Crippen molar-refractivity contribution in [1.29, 1.82) is 0 Å². The summed E-state index contributed by atoms with van der Waals surface area (Å²) in [5.41, 5.74) is 3.26. The van der Waals surface area contributed by atoms with E-state index >= 15 is 0 Å². The van der Waals surface area contributed by atoms with Crippen molar-refractivity contribution in [2.75, 3.05) is 36.6 Å². The Balaban J connectivity index is 1.58. The van der Waals surface area contributed by atoms with Crippen LogP contribution in [0.3, 0.4) is 0 Å². The number of H-pyrrole nitrogens is 1. The zero-order valence-electron chi connectivity index (χ0n) is 17.7. The summed E-state index contributed by atoms with van der Waals surface area (Å²) < 4.78 is 5.17. The number of phenols is 1. The average Bonchev–Trinajstić information content (AvgIpc) is 3.18. The Bertz CT molecular complexity index is 1110. The molecule has 1 aliphatic heterocycles. The van der Waals surface area contributed by atoms with Crippen LogP contribution in [0.5, 0.6) is 5.75 Å². The smallest absolute Gasteiger partial charge is 0.261 e. The number of nitrogens with one attached hydrogen (secondary N) is 1. The highest BCUT2D eigenvalue weighted by Gasteiger charge is 2.22. The molecule has 0 aliphatic carbocycles. The van der Waals surface area contributed by atoms with Gasteiger partial charge in [0, 0.05) is 42.1 Å². The number of carbonyl (C=O) groups is 2. The number of anilines is 2. The van der Waals surface area contributed by atoms with Gasteiger partial charge in [0.1, 0.15) is 12.4 Å². The topological polar surface area (TPSA) is 98.8 Å². The minimum absolute atomic E-state index is 0.0795. The minimum Gasteiger partial charge on any atom is -0.507 e. The van der Waals surface area contributed by atoms with Gasteiger partial charge >= 0.3 is 0 Å². The van der Waals surface area contributed by atoms with Gasteiger partial charge in [-0.05, 0) is 43.2 Å². The molecule has 0 unspecified atom stereocenters. The second-order valence-electron chi connectivity index (χ2n) is 7.67. The number of ether oxygens (including phenoxy) is 1. The maximum atomic E-state index is 13.1. The molecule has 8 heteroatoms. The van der Waals surface area contributed by atoms with E-state index in [0.29, 0.717) is 24.4 Å². The largest absolute Gasteiger partial charge is 0.507 e. The lowest BCUT2D eigenvalue weighted by molar-refractivity contribution is -0.125. The number of nitrogens with zero attached hydrogens (tertiary/aromatic N) is 3. The zero-order chi connectivity index (χ0) is 22.0. The molecule has 1 aliphatic rings. The number of aromatic nitrogens is 2. The molecular formula is C23H26N4O4. The van der Waals surface area contributed by atoms with Crippen LogP contribution in [0.2, 0.25) is 0 Å². The molecule has 1 fully saturated rings. The third-order valence-corrected chi connectivity index (χ3v) is 5.60. The molecule has 2 amide bonds. The number of hydrogen-bond donors (Lipinski definition) is 2. The predicted molar refractivity (Wildman–Crippen MR) is 119 cm³/mol. The van der Waals surface area contributed by atoms with Gasteiger partial charge < -0.3 is 19.6 Å². The zero-order valence-corrected chi connectivity index (χ0v) is 17.7. The van der Waals surface area contributed by atoms with Crippen molar-refractivity contribution in [3.8, 4) is 5.75 Å². The highest BCUT2D eigenvalue weighted by atomic mass is 16.5. The van der Waals surface area contributed by atoms with Crippen molar-refractivity contribution in [3.63, 3.8) is 0 Å². The van der Waals surface area contributed by atoms with E-state index in [1.807, 2.05) is 12.1 Å². The molecular weight excluding hydrogens is 396 g/mol. The van der Waals surface area contributed by atoms with Gasteiger partial charge in [-0.3, -0.25) is 14.7 Å². The first-order chi connectivity index (χ1) is 15.0. The number of amides is 2. The van der Waals surface area contributed by atoms with E-state index in [0.717, 1.165) is 36.0 Å². The van der Waals surface area contributed by atoms with Crippen molar-refractivity contribution >= 4 is 34.1 Å². The maximum Gasteiger partial charge on any atom is 0.261 e. The van der Waals surface area contributed by atoms with Gasteiger partial charge in [-0.15, -0.1) is 0 Å². The number of aromatic hydroxyl groups is 1. The molecule has 3 aromatic rings. The van der Waals surface area contributed by atoms with E-state index in [1.54, 1.807) is 30.1 Å². The Kier molecular flexibility index (Phi) is 5.90. The van der Waals surface area contributed by atoms with Crippen molar-refractivity contribution in [3.05, 3.63) is 47.7 Å². The summed E-state index contributed by atoms with van der Waals surface area (Å²) in [7, 11) is 1.66. The fourth-order valence-electron chi connectivity index (χ4n) is 3.76. The molecule has 31 heavy (non-hydrogen) atoms. The average molecular weight is 422 g/mol. The number of aryl methyl sites for hydroxylation is 1. The SMILES string of the molecule is CCCCc1[nH]nc2cc(O)c(C(=O)N(C)c3ccc(N4CCOCC4=O)cc3)cc12. The molecule has 0 spiro atoms. The number of carbonyl (C=O) groups excluding carboxylic acids is 2. The van der Waals surface area contributed by atoms with E-state index in [4.69, 9.17) is 4.74 Å². The summed E-state index contributed by atoms with van der Waals surface area (Å²) in [5, 5.41) is 18.6. The lowest BCUT2D eigenvalue weighted by atomic mass is 10.1. The van der Waals surface area contributed by atoms with Crippen molar-refractivity contribution in [1.82, 2.24) is 10.2 Å². The molecule has 2 aromatic carbocycles. The Hall–Kier alpha value is -3.39. The quantitative estimate of drug-likeness (QED) is 0.635. The van der Waals surface area contributed by atoms with E-state index in [-0.39, 0.29) is 29.7 Å². The standard InChI is InChI=1S/C23H26N4O4/c1-3-4-5-19-17-12-18(21(28)13-20(17)25-24-19)23(30)26(2)15-6-8-16(9-7-15)27-10-11-31-14-22(27)29/h6-9,12-13,28H,3-5,10-11,14H2,1-2H3,(H,24,25). The first kappa shape index (κ1) is 20.9. The van der Waals surface area contributed by atoms with Crippen LogP contribution < -0.4 is 9.80 Å². The van der Waals surface area contributed by atoms with Gasteiger partial charge in [0.2, 0.25) is 0 Å². The van der Waals surface area contributed by atoms with Crippen molar-refractivity contribution in [2.24, 2.45) is 0 Å². The Labute approximate surface area is 180 Å². The summed E-state index contributed by atoms with van der Waals surface area (Å²) in [4.78, 5) is 28.3. The lowest BCUT2D eigenvalue weighted by Crippen LogP contribution is -2.41. The molecule has 0 saturated carbocycles. The first-order valence-electron chi connectivity index (χ1n) is 10.5. The Morgan fingerprint density at radius 3 is 2.77 bits per heavy atom. The second-order valence-corrected chi connectivity index (χ2v) is 7.67. The van der Waals surface area contributed by atoms with Crippen LogP contribution in [-0.4, -0.2) is 53.9 Å². The number of hydrogen-bond acceptors (Lipinski definition) is 5. The second kappa shape index (κ2) is 8.77. The molecule has 1 aromatic heterocycles. The fourth-order valence-corrected chi connectivity index (χ4v) is 3.76. The minimum atomic E-state index is -0.322. The highest BCUT2D eigenvalue weighted by Crippen LogP contribution is 2.29. The third-order valence-electron chi connectivity index (χ3n) is 5.60. The number of rotatable bonds is 6. The third kappa shape index (κ3) is 4.11.